The van der Waals surface area contributed by atoms with Crippen LogP contribution in [0.3, 0.4) is 0 Å². The highest BCUT2D eigenvalue weighted by molar-refractivity contribution is 5.98. The van der Waals surface area contributed by atoms with E-state index in [0.717, 1.165) is 62.8 Å². The number of para-hydroxylation sites is 1. The molecule has 5 nitrogen and oxygen atoms in total. The van der Waals surface area contributed by atoms with Gasteiger partial charge in [0.15, 0.2) is 0 Å². The molecule has 0 spiro atoms. The van der Waals surface area contributed by atoms with Crippen LogP contribution in [0, 0.1) is 17.8 Å². The molecule has 1 amide bonds. The lowest BCUT2D eigenvalue weighted by Gasteiger charge is -2.60. The summed E-state index contributed by atoms with van der Waals surface area (Å²) in [6.45, 7) is 2.95. The van der Waals surface area contributed by atoms with Gasteiger partial charge in [0.2, 0.25) is 5.43 Å². The van der Waals surface area contributed by atoms with Crippen LogP contribution in [0.15, 0.2) is 29.2 Å². The number of ether oxygens (including phenoxy) is 1. The number of pyridine rings is 1. The highest BCUT2D eigenvalue weighted by atomic mass is 16.5. The second kappa shape index (κ2) is 7.99. The van der Waals surface area contributed by atoms with E-state index < -0.39 is 0 Å². The van der Waals surface area contributed by atoms with E-state index in [0.29, 0.717) is 16.7 Å². The fourth-order valence-electron chi connectivity index (χ4n) is 7.17. The van der Waals surface area contributed by atoms with Gasteiger partial charge in [-0.2, -0.15) is 0 Å². The number of benzene rings is 1. The van der Waals surface area contributed by atoms with E-state index in [9.17, 15) is 9.59 Å². The fraction of sp³-hybridized carbons (Fsp3) is 0.615. The molecule has 6 rings (SSSR count). The summed E-state index contributed by atoms with van der Waals surface area (Å²) in [5.74, 6) is 2.81. The van der Waals surface area contributed by atoms with Gasteiger partial charge < -0.3 is 14.6 Å². The Hall–Kier alpha value is -2.30. The van der Waals surface area contributed by atoms with E-state index in [1.54, 1.807) is 19.4 Å². The third-order valence-corrected chi connectivity index (χ3v) is 8.14. The van der Waals surface area contributed by atoms with E-state index in [1.165, 1.54) is 19.3 Å². The molecular formula is C26H34N2O3. The summed E-state index contributed by atoms with van der Waals surface area (Å²) in [5, 5.41) is 0.518. The molecular weight excluding hydrogens is 388 g/mol. The number of aromatic amines is 1. The number of aromatic nitrogens is 1. The van der Waals surface area contributed by atoms with Crippen LogP contribution < -0.4 is 10.2 Å². The Morgan fingerprint density at radius 2 is 1.81 bits per heavy atom. The lowest BCUT2D eigenvalue weighted by molar-refractivity contribution is -0.0750. The first-order valence-corrected chi connectivity index (χ1v) is 12.0. The number of methoxy groups -OCH3 is 1. The third kappa shape index (κ3) is 3.46. The van der Waals surface area contributed by atoms with E-state index in [1.807, 2.05) is 12.1 Å². The topological polar surface area (TPSA) is 62.4 Å². The summed E-state index contributed by atoms with van der Waals surface area (Å²) < 4.78 is 5.39. The number of carbonyl (C=O) groups excluding carboxylic acids is 1. The maximum absolute atomic E-state index is 13.9. The Morgan fingerprint density at radius 1 is 1.13 bits per heavy atom. The van der Waals surface area contributed by atoms with Crippen LogP contribution in [-0.4, -0.2) is 35.0 Å². The first-order chi connectivity index (χ1) is 15.0. The van der Waals surface area contributed by atoms with Crippen LogP contribution in [-0.2, 0) is 0 Å². The van der Waals surface area contributed by atoms with Crippen molar-refractivity contribution in [1.82, 2.24) is 9.88 Å². The number of hydrogen-bond donors (Lipinski definition) is 1. The third-order valence-electron chi connectivity index (χ3n) is 8.14. The molecule has 1 aromatic carbocycles. The molecule has 4 fully saturated rings. The molecule has 4 saturated carbocycles. The van der Waals surface area contributed by atoms with Gasteiger partial charge in [-0.05, 0) is 74.8 Å². The molecule has 166 valence electrons. The van der Waals surface area contributed by atoms with Gasteiger partial charge in [0, 0.05) is 18.3 Å². The zero-order chi connectivity index (χ0) is 21.6. The molecule has 0 atom stereocenters. The number of H-pyrrole nitrogens is 1. The molecule has 1 heterocycles. The average Bonchev–Trinajstić information content (AvgIpc) is 2.75. The molecule has 0 saturated heterocycles. The smallest absolute Gasteiger partial charge is 0.259 e. The van der Waals surface area contributed by atoms with E-state index >= 15 is 0 Å². The molecule has 31 heavy (non-hydrogen) atoms. The molecule has 0 unspecified atom stereocenters. The number of nitrogens with zero attached hydrogens (tertiary/aromatic N) is 1. The molecule has 4 aliphatic rings. The normalized spacial score (nSPS) is 28.8. The van der Waals surface area contributed by atoms with Gasteiger partial charge >= 0.3 is 0 Å². The minimum Gasteiger partial charge on any atom is -0.495 e. The Labute approximate surface area is 184 Å². The van der Waals surface area contributed by atoms with Gasteiger partial charge in [-0.25, -0.2) is 0 Å². The summed E-state index contributed by atoms with van der Waals surface area (Å²) in [6, 6.07) is 5.41. The zero-order valence-corrected chi connectivity index (χ0v) is 18.8. The molecule has 1 aromatic heterocycles. The second-order valence-corrected chi connectivity index (χ2v) is 10.2. The summed E-state index contributed by atoms with van der Waals surface area (Å²) >= 11 is 0. The van der Waals surface area contributed by atoms with Crippen molar-refractivity contribution in [2.45, 2.75) is 70.3 Å². The Bertz CT molecular complexity index is 1010. The Morgan fingerprint density at radius 3 is 2.42 bits per heavy atom. The molecule has 4 aliphatic carbocycles. The number of unbranched alkanes of at least 4 members (excludes halogenated alkanes) is 2. The van der Waals surface area contributed by atoms with Crippen LogP contribution >= 0.6 is 0 Å². The lowest BCUT2D eigenvalue weighted by Crippen LogP contribution is -2.62. The maximum Gasteiger partial charge on any atom is 0.259 e. The summed E-state index contributed by atoms with van der Waals surface area (Å²) in [6.07, 6.45) is 12.2. The minimum atomic E-state index is -0.192. The van der Waals surface area contributed by atoms with Gasteiger partial charge in [0.1, 0.15) is 11.3 Å². The number of nitrogens with one attached hydrogen (secondary N) is 1. The number of amides is 1. The molecule has 0 aliphatic heterocycles. The van der Waals surface area contributed by atoms with Crippen molar-refractivity contribution in [2.24, 2.45) is 17.8 Å². The molecule has 4 bridgehead atoms. The first-order valence-electron chi connectivity index (χ1n) is 12.0. The number of fused-ring (bicyclic) bond motifs is 1. The van der Waals surface area contributed by atoms with Gasteiger partial charge in [0.25, 0.3) is 5.91 Å². The highest BCUT2D eigenvalue weighted by Crippen LogP contribution is 2.58. The van der Waals surface area contributed by atoms with Gasteiger partial charge in [-0.15, -0.1) is 0 Å². The van der Waals surface area contributed by atoms with E-state index in [2.05, 4.69) is 16.8 Å². The van der Waals surface area contributed by atoms with Crippen molar-refractivity contribution in [3.05, 3.63) is 40.2 Å². The largest absolute Gasteiger partial charge is 0.495 e. The van der Waals surface area contributed by atoms with Gasteiger partial charge in [-0.3, -0.25) is 9.59 Å². The van der Waals surface area contributed by atoms with Crippen molar-refractivity contribution in [2.75, 3.05) is 13.7 Å². The van der Waals surface area contributed by atoms with Crippen molar-refractivity contribution >= 4 is 16.8 Å². The number of hydrogen-bond acceptors (Lipinski definition) is 3. The first kappa shape index (κ1) is 20.6. The quantitative estimate of drug-likeness (QED) is 0.629. The number of carbonyl (C=O) groups is 1. The predicted octanol–water partition coefficient (Wildman–Crippen LogP) is 5.14. The van der Waals surface area contributed by atoms with Gasteiger partial charge in [-0.1, -0.05) is 25.8 Å². The SMILES string of the molecule is CCCCCN(C(=O)c1c[nH]c2c(OC)cccc2c1=O)C12CC3CC(CC(C3)C1)C2. The lowest BCUT2D eigenvalue weighted by atomic mass is 9.52. The van der Waals surface area contributed by atoms with Crippen molar-refractivity contribution in [3.8, 4) is 5.75 Å². The minimum absolute atomic E-state index is 0.0463. The average molecular weight is 423 g/mol. The molecule has 2 aromatic rings. The van der Waals surface area contributed by atoms with Crippen molar-refractivity contribution < 1.29 is 9.53 Å². The number of rotatable bonds is 7. The Kier molecular flexibility index (Phi) is 5.31. The summed E-state index contributed by atoms with van der Waals surface area (Å²) in [7, 11) is 1.59. The standard InChI is InChI=1S/C26H34N2O3/c1-3-4-5-9-28(26-13-17-10-18(14-26)12-19(11-17)15-26)25(30)21-16-27-23-20(24(21)29)7-6-8-22(23)31-2/h6-8,16-19H,3-5,9-15H2,1-2H3,(H,27,29). The van der Waals surface area contributed by atoms with Crippen LogP contribution in [0.5, 0.6) is 5.75 Å². The van der Waals surface area contributed by atoms with E-state index in [-0.39, 0.29) is 22.4 Å². The fourth-order valence-corrected chi connectivity index (χ4v) is 7.17. The summed E-state index contributed by atoms with van der Waals surface area (Å²) in [4.78, 5) is 32.7. The van der Waals surface area contributed by atoms with Crippen molar-refractivity contribution in [1.29, 1.82) is 0 Å². The van der Waals surface area contributed by atoms with Crippen LogP contribution in [0.4, 0.5) is 0 Å². The Balaban J connectivity index is 1.54. The van der Waals surface area contributed by atoms with Crippen LogP contribution in [0.2, 0.25) is 0 Å². The zero-order valence-electron chi connectivity index (χ0n) is 18.8. The highest BCUT2D eigenvalue weighted by Gasteiger charge is 2.54. The van der Waals surface area contributed by atoms with Crippen LogP contribution in [0.1, 0.15) is 75.1 Å². The molecule has 0 radical (unpaired) electrons. The second-order valence-electron chi connectivity index (χ2n) is 10.2. The monoisotopic (exact) mass is 422 g/mol. The van der Waals surface area contributed by atoms with Crippen LogP contribution in [0.25, 0.3) is 10.9 Å². The summed E-state index contributed by atoms with van der Waals surface area (Å²) in [5.41, 5.74) is 0.685. The predicted molar refractivity (Wildman–Crippen MR) is 123 cm³/mol. The van der Waals surface area contributed by atoms with Gasteiger partial charge in [0.05, 0.1) is 18.0 Å². The molecule has 5 heteroatoms. The maximum atomic E-state index is 13.9. The van der Waals surface area contributed by atoms with Crippen molar-refractivity contribution in [3.63, 3.8) is 0 Å². The molecule has 1 N–H and O–H groups in total. The van der Waals surface area contributed by atoms with E-state index in [4.69, 9.17) is 4.74 Å².